The Kier molecular flexibility index (Phi) is 10.7. The van der Waals surface area contributed by atoms with E-state index in [1.807, 2.05) is 6.07 Å². The molecule has 0 aliphatic carbocycles. The van der Waals surface area contributed by atoms with Crippen LogP contribution in [-0.4, -0.2) is 46.2 Å². The van der Waals surface area contributed by atoms with Crippen molar-refractivity contribution in [3.63, 3.8) is 0 Å². The number of halogens is 2. The molecule has 12 heteroatoms. The third-order valence-corrected chi connectivity index (χ3v) is 8.79. The van der Waals surface area contributed by atoms with E-state index in [2.05, 4.69) is 10.6 Å². The SMILES string of the molecule is COc1ccc(N(CC(=O)NCCSCc2ccc(Cl)c(Cl)c2)S(=O)(=O)c2ccc(NC(C)=O)cc2)cc1. The molecule has 0 saturated heterocycles. The van der Waals surface area contributed by atoms with Crippen molar-refractivity contribution in [1.29, 1.82) is 0 Å². The van der Waals surface area contributed by atoms with Gasteiger partial charge in [0.2, 0.25) is 11.8 Å². The lowest BCUT2D eigenvalue weighted by molar-refractivity contribution is -0.119. The lowest BCUT2D eigenvalue weighted by Gasteiger charge is -2.24. The minimum atomic E-state index is -4.10. The van der Waals surface area contributed by atoms with Gasteiger partial charge in [-0.05, 0) is 66.2 Å². The molecule has 202 valence electrons. The summed E-state index contributed by atoms with van der Waals surface area (Å²) < 4.78 is 33.3. The van der Waals surface area contributed by atoms with E-state index < -0.39 is 22.5 Å². The Morgan fingerprint density at radius 2 is 1.66 bits per heavy atom. The van der Waals surface area contributed by atoms with Crippen LogP contribution in [0.3, 0.4) is 0 Å². The summed E-state index contributed by atoms with van der Waals surface area (Å²) in [7, 11) is -2.60. The number of hydrogen-bond acceptors (Lipinski definition) is 6. The molecule has 0 radical (unpaired) electrons. The Hall–Kier alpha value is -2.92. The molecule has 0 spiro atoms. The first-order valence-corrected chi connectivity index (χ1v) is 14.8. The van der Waals surface area contributed by atoms with Crippen molar-refractivity contribution >= 4 is 68.2 Å². The molecule has 0 unspecified atom stereocenters. The lowest BCUT2D eigenvalue weighted by atomic mass is 10.2. The monoisotopic (exact) mass is 595 g/mol. The van der Waals surface area contributed by atoms with Gasteiger partial charge in [0.1, 0.15) is 12.3 Å². The molecule has 3 aromatic carbocycles. The first-order valence-electron chi connectivity index (χ1n) is 11.4. The Morgan fingerprint density at radius 3 is 2.26 bits per heavy atom. The number of hydrogen-bond donors (Lipinski definition) is 2. The fourth-order valence-electron chi connectivity index (χ4n) is 3.37. The molecular weight excluding hydrogens is 569 g/mol. The van der Waals surface area contributed by atoms with Crippen LogP contribution in [0.15, 0.2) is 71.6 Å². The van der Waals surface area contributed by atoms with Crippen molar-refractivity contribution < 1.29 is 22.7 Å². The van der Waals surface area contributed by atoms with Gasteiger partial charge < -0.3 is 15.4 Å². The van der Waals surface area contributed by atoms with Crippen molar-refractivity contribution in [2.45, 2.75) is 17.6 Å². The summed E-state index contributed by atoms with van der Waals surface area (Å²) >= 11 is 13.6. The number of anilines is 2. The number of nitrogens with zero attached hydrogens (tertiary/aromatic N) is 1. The first-order chi connectivity index (χ1) is 18.1. The van der Waals surface area contributed by atoms with Crippen LogP contribution in [0.2, 0.25) is 10.0 Å². The van der Waals surface area contributed by atoms with Crippen LogP contribution in [0, 0.1) is 0 Å². The summed E-state index contributed by atoms with van der Waals surface area (Å²) in [6.07, 6.45) is 0. The molecule has 0 aliphatic heterocycles. The van der Waals surface area contributed by atoms with Crippen molar-refractivity contribution in [3.8, 4) is 5.75 Å². The summed E-state index contributed by atoms with van der Waals surface area (Å²) in [4.78, 5) is 24.0. The van der Waals surface area contributed by atoms with E-state index in [9.17, 15) is 18.0 Å². The number of amides is 2. The topological polar surface area (TPSA) is 105 Å². The fourth-order valence-corrected chi connectivity index (χ4v) is 5.92. The van der Waals surface area contributed by atoms with Crippen molar-refractivity contribution in [3.05, 3.63) is 82.3 Å². The zero-order valence-electron chi connectivity index (χ0n) is 20.7. The number of methoxy groups -OCH3 is 1. The molecule has 2 N–H and O–H groups in total. The zero-order chi connectivity index (χ0) is 27.7. The molecule has 0 aromatic heterocycles. The van der Waals surface area contributed by atoms with Gasteiger partial charge in [0.05, 0.1) is 27.7 Å². The van der Waals surface area contributed by atoms with E-state index in [0.717, 1.165) is 9.87 Å². The van der Waals surface area contributed by atoms with Crippen molar-refractivity contribution in [1.82, 2.24) is 5.32 Å². The minimum absolute atomic E-state index is 0.0209. The molecule has 0 fully saturated rings. The normalized spacial score (nSPS) is 11.1. The molecule has 0 saturated carbocycles. The number of ether oxygens (including phenoxy) is 1. The Balaban J connectivity index is 1.67. The molecule has 0 heterocycles. The largest absolute Gasteiger partial charge is 0.497 e. The third-order valence-electron chi connectivity index (χ3n) is 5.23. The van der Waals surface area contributed by atoms with E-state index >= 15 is 0 Å². The Labute approximate surface area is 236 Å². The predicted octanol–water partition coefficient (Wildman–Crippen LogP) is 5.21. The number of rotatable bonds is 12. The molecule has 3 rings (SSSR count). The van der Waals surface area contributed by atoms with Gasteiger partial charge in [-0.15, -0.1) is 0 Å². The molecule has 38 heavy (non-hydrogen) atoms. The van der Waals surface area contributed by atoms with Crippen LogP contribution < -0.4 is 19.7 Å². The molecule has 2 amide bonds. The predicted molar refractivity (Wildman–Crippen MR) is 154 cm³/mol. The van der Waals surface area contributed by atoms with Gasteiger partial charge in [0.15, 0.2) is 0 Å². The molecular formula is C26H27Cl2N3O5S2. The van der Waals surface area contributed by atoms with Crippen molar-refractivity contribution in [2.24, 2.45) is 0 Å². The third kappa shape index (κ3) is 8.29. The van der Waals surface area contributed by atoms with Crippen LogP contribution in [0.1, 0.15) is 12.5 Å². The van der Waals surface area contributed by atoms with Gasteiger partial charge >= 0.3 is 0 Å². The van der Waals surface area contributed by atoms with E-state index in [1.165, 1.54) is 38.3 Å². The first kappa shape index (κ1) is 29.6. The average Bonchev–Trinajstić information content (AvgIpc) is 2.89. The van der Waals surface area contributed by atoms with Crippen LogP contribution in [0.4, 0.5) is 11.4 Å². The maximum absolute atomic E-state index is 13.5. The smallest absolute Gasteiger partial charge is 0.264 e. The second-order valence-corrected chi connectivity index (χ2v) is 11.8. The highest BCUT2D eigenvalue weighted by atomic mass is 35.5. The maximum Gasteiger partial charge on any atom is 0.264 e. The van der Waals surface area contributed by atoms with Gasteiger partial charge in [0, 0.05) is 30.7 Å². The zero-order valence-corrected chi connectivity index (χ0v) is 23.9. The molecule has 0 aliphatic rings. The number of thioether (sulfide) groups is 1. The quantitative estimate of drug-likeness (QED) is 0.279. The highest BCUT2D eigenvalue weighted by Crippen LogP contribution is 2.27. The van der Waals surface area contributed by atoms with Gasteiger partial charge in [-0.25, -0.2) is 8.42 Å². The standard InChI is InChI=1S/C26H27Cl2N3O5S2/c1-18(32)30-20-4-10-23(11-5-20)38(34,35)31(21-6-8-22(36-2)9-7-21)16-26(33)29-13-14-37-17-19-3-12-24(27)25(28)15-19/h3-12,15H,13-14,16-17H2,1-2H3,(H,29,33)(H,30,32). The maximum atomic E-state index is 13.5. The summed E-state index contributed by atoms with van der Waals surface area (Å²) in [5, 5.41) is 6.36. The van der Waals surface area contributed by atoms with E-state index in [-0.39, 0.29) is 10.8 Å². The van der Waals surface area contributed by atoms with E-state index in [0.29, 0.717) is 45.2 Å². The lowest BCUT2D eigenvalue weighted by Crippen LogP contribution is -2.41. The summed E-state index contributed by atoms with van der Waals surface area (Å²) in [6.45, 7) is 1.30. The highest BCUT2D eigenvalue weighted by molar-refractivity contribution is 7.98. The number of nitrogens with one attached hydrogen (secondary N) is 2. The fraction of sp³-hybridized carbons (Fsp3) is 0.231. The summed E-state index contributed by atoms with van der Waals surface area (Å²) in [5.74, 6) is 1.13. The second-order valence-electron chi connectivity index (χ2n) is 8.07. The number of sulfonamides is 1. The summed E-state index contributed by atoms with van der Waals surface area (Å²) in [6, 6.07) is 17.6. The Morgan fingerprint density at radius 1 is 0.974 bits per heavy atom. The van der Waals surface area contributed by atoms with E-state index in [4.69, 9.17) is 27.9 Å². The number of carbonyl (C=O) groups is 2. The summed E-state index contributed by atoms with van der Waals surface area (Å²) in [5.41, 5.74) is 1.78. The molecule has 8 nitrogen and oxygen atoms in total. The van der Waals surface area contributed by atoms with E-state index in [1.54, 1.807) is 48.2 Å². The van der Waals surface area contributed by atoms with Crippen molar-refractivity contribution in [2.75, 3.05) is 35.6 Å². The highest BCUT2D eigenvalue weighted by Gasteiger charge is 2.27. The minimum Gasteiger partial charge on any atom is -0.497 e. The van der Waals surface area contributed by atoms with Gasteiger partial charge in [-0.3, -0.25) is 13.9 Å². The average molecular weight is 597 g/mol. The van der Waals surface area contributed by atoms with Gasteiger partial charge in [-0.1, -0.05) is 29.3 Å². The number of carbonyl (C=O) groups excluding carboxylic acids is 2. The van der Waals surface area contributed by atoms with Gasteiger partial charge in [-0.2, -0.15) is 11.8 Å². The van der Waals surface area contributed by atoms with Crippen LogP contribution in [0.25, 0.3) is 0 Å². The van der Waals surface area contributed by atoms with Crippen LogP contribution >= 0.6 is 35.0 Å². The molecule has 0 atom stereocenters. The van der Waals surface area contributed by atoms with Crippen LogP contribution in [0.5, 0.6) is 5.75 Å². The van der Waals surface area contributed by atoms with Gasteiger partial charge in [0.25, 0.3) is 10.0 Å². The number of benzene rings is 3. The second kappa shape index (κ2) is 13.7. The molecule has 3 aromatic rings. The Bertz CT molecular complexity index is 1370. The van der Waals surface area contributed by atoms with Crippen LogP contribution in [-0.2, 0) is 25.4 Å². The molecule has 0 bridgehead atoms.